The fraction of sp³-hybridized carbons (Fsp3) is 0.929. The molecule has 1 saturated carbocycles. The first-order chi connectivity index (χ1) is 8.33. The number of alkyl halides is 1. The molecule has 0 bridgehead atoms. The Balaban J connectivity index is 2.33. The number of hydrogen-bond acceptors (Lipinski definition) is 3. The van der Waals surface area contributed by atoms with Gasteiger partial charge in [0.15, 0.2) is 0 Å². The Labute approximate surface area is 119 Å². The third-order valence-electron chi connectivity index (χ3n) is 3.23. The van der Waals surface area contributed by atoms with E-state index in [1.165, 1.54) is 0 Å². The molecule has 3 unspecified atom stereocenters. The zero-order valence-corrected chi connectivity index (χ0v) is 13.5. The van der Waals surface area contributed by atoms with Gasteiger partial charge in [-0.1, -0.05) is 36.7 Å². The van der Waals surface area contributed by atoms with Gasteiger partial charge in [-0.3, -0.25) is 4.79 Å². The van der Waals surface area contributed by atoms with Crippen molar-refractivity contribution in [1.29, 1.82) is 0 Å². The Morgan fingerprint density at radius 2 is 2.00 bits per heavy atom. The minimum absolute atomic E-state index is 0.00559. The summed E-state index contributed by atoms with van der Waals surface area (Å²) < 4.78 is 11.0. The summed E-state index contributed by atoms with van der Waals surface area (Å²) in [5.41, 5.74) is 0.293. The van der Waals surface area contributed by atoms with Crippen LogP contribution in [0.25, 0.3) is 0 Å². The second kappa shape index (κ2) is 6.90. The van der Waals surface area contributed by atoms with E-state index in [2.05, 4.69) is 36.7 Å². The molecule has 1 aliphatic rings. The molecule has 0 aromatic carbocycles. The third-order valence-corrected chi connectivity index (χ3v) is 4.20. The standard InChI is InChI=1S/C14H25BrO3/c1-5-17-13(16)10-8-11(15)12(9-10)18-7-6-14(2,3)4/h10-12H,5-9H2,1-4H3. The second-order valence-corrected chi connectivity index (χ2v) is 7.33. The van der Waals surface area contributed by atoms with Gasteiger partial charge in [-0.05, 0) is 31.6 Å². The SMILES string of the molecule is CCOC(=O)C1CC(Br)C(OCCC(C)(C)C)C1. The molecule has 0 amide bonds. The smallest absolute Gasteiger partial charge is 0.309 e. The molecule has 0 spiro atoms. The molecule has 106 valence electrons. The summed E-state index contributed by atoms with van der Waals surface area (Å²) in [5, 5.41) is 0. The van der Waals surface area contributed by atoms with Gasteiger partial charge in [0.05, 0.1) is 18.6 Å². The molecule has 0 aliphatic heterocycles. The van der Waals surface area contributed by atoms with Gasteiger partial charge in [0.1, 0.15) is 0 Å². The van der Waals surface area contributed by atoms with Crippen LogP contribution in [0.4, 0.5) is 0 Å². The van der Waals surface area contributed by atoms with E-state index in [0.29, 0.717) is 12.0 Å². The average Bonchev–Trinajstić information content (AvgIpc) is 2.59. The zero-order valence-electron chi connectivity index (χ0n) is 11.9. The number of carbonyl (C=O) groups excluding carboxylic acids is 1. The highest BCUT2D eigenvalue weighted by molar-refractivity contribution is 9.09. The molecule has 0 N–H and O–H groups in total. The van der Waals surface area contributed by atoms with Gasteiger partial charge in [0.25, 0.3) is 0 Å². The topological polar surface area (TPSA) is 35.5 Å². The number of hydrogen-bond donors (Lipinski definition) is 0. The Morgan fingerprint density at radius 1 is 1.33 bits per heavy atom. The lowest BCUT2D eigenvalue weighted by molar-refractivity contribution is -0.148. The summed E-state index contributed by atoms with van der Waals surface area (Å²) in [6.45, 7) is 9.67. The Kier molecular flexibility index (Phi) is 6.12. The van der Waals surface area contributed by atoms with Crippen LogP contribution in [0.2, 0.25) is 0 Å². The normalized spacial score (nSPS) is 28.4. The van der Waals surface area contributed by atoms with E-state index in [4.69, 9.17) is 9.47 Å². The van der Waals surface area contributed by atoms with E-state index in [0.717, 1.165) is 25.9 Å². The van der Waals surface area contributed by atoms with E-state index in [1.807, 2.05) is 6.92 Å². The van der Waals surface area contributed by atoms with Crippen molar-refractivity contribution in [2.24, 2.45) is 11.3 Å². The second-order valence-electron chi connectivity index (χ2n) is 6.16. The van der Waals surface area contributed by atoms with Crippen LogP contribution in [0, 0.1) is 11.3 Å². The van der Waals surface area contributed by atoms with Crippen LogP contribution in [0.3, 0.4) is 0 Å². The van der Waals surface area contributed by atoms with E-state index in [1.54, 1.807) is 0 Å². The summed E-state index contributed by atoms with van der Waals surface area (Å²) in [4.78, 5) is 11.9. The molecule has 4 heteroatoms. The van der Waals surface area contributed by atoms with E-state index in [-0.39, 0.29) is 22.8 Å². The number of ether oxygens (including phenoxy) is 2. The number of rotatable bonds is 5. The Hall–Kier alpha value is -0.0900. The zero-order chi connectivity index (χ0) is 13.8. The third kappa shape index (κ3) is 5.27. The number of carbonyl (C=O) groups is 1. The minimum Gasteiger partial charge on any atom is -0.466 e. The predicted octanol–water partition coefficient (Wildman–Crippen LogP) is 3.54. The van der Waals surface area contributed by atoms with Crippen LogP contribution in [0.1, 0.15) is 47.0 Å². The molecular weight excluding hydrogens is 296 g/mol. The van der Waals surface area contributed by atoms with Crippen LogP contribution >= 0.6 is 15.9 Å². The van der Waals surface area contributed by atoms with Gasteiger partial charge in [0, 0.05) is 11.4 Å². The van der Waals surface area contributed by atoms with Gasteiger partial charge in [-0.15, -0.1) is 0 Å². The molecular formula is C14H25BrO3. The summed E-state index contributed by atoms with van der Waals surface area (Å²) in [5.74, 6) is -0.0853. The average molecular weight is 321 g/mol. The van der Waals surface area contributed by atoms with E-state index < -0.39 is 0 Å². The van der Waals surface area contributed by atoms with Crippen molar-refractivity contribution in [3.63, 3.8) is 0 Å². The van der Waals surface area contributed by atoms with Crippen LogP contribution < -0.4 is 0 Å². The van der Waals surface area contributed by atoms with Crippen molar-refractivity contribution in [2.75, 3.05) is 13.2 Å². The van der Waals surface area contributed by atoms with Crippen molar-refractivity contribution in [1.82, 2.24) is 0 Å². The summed E-state index contributed by atoms with van der Waals surface area (Å²) in [7, 11) is 0. The van der Waals surface area contributed by atoms with E-state index in [9.17, 15) is 4.79 Å². The quantitative estimate of drug-likeness (QED) is 0.574. The molecule has 0 heterocycles. The maximum Gasteiger partial charge on any atom is 0.309 e. The summed E-state index contributed by atoms with van der Waals surface area (Å²) in [6.07, 6.45) is 2.77. The first-order valence-electron chi connectivity index (χ1n) is 6.76. The van der Waals surface area contributed by atoms with Crippen molar-refractivity contribution in [3.8, 4) is 0 Å². The summed E-state index contributed by atoms with van der Waals surface area (Å²) >= 11 is 3.61. The largest absolute Gasteiger partial charge is 0.466 e. The molecule has 0 radical (unpaired) electrons. The first-order valence-corrected chi connectivity index (χ1v) is 7.67. The number of halogens is 1. The molecule has 1 aliphatic carbocycles. The van der Waals surface area contributed by atoms with Crippen LogP contribution in [-0.4, -0.2) is 30.1 Å². The molecule has 0 saturated heterocycles. The monoisotopic (exact) mass is 320 g/mol. The number of esters is 1. The maximum absolute atomic E-state index is 11.7. The molecule has 3 nitrogen and oxygen atoms in total. The minimum atomic E-state index is -0.0797. The molecule has 1 fully saturated rings. The van der Waals surface area contributed by atoms with Crippen LogP contribution in [-0.2, 0) is 14.3 Å². The van der Waals surface area contributed by atoms with Crippen molar-refractivity contribution in [3.05, 3.63) is 0 Å². The maximum atomic E-state index is 11.7. The lowest BCUT2D eigenvalue weighted by Gasteiger charge is -2.21. The van der Waals surface area contributed by atoms with Crippen molar-refractivity contribution < 1.29 is 14.3 Å². The van der Waals surface area contributed by atoms with Crippen LogP contribution in [0.15, 0.2) is 0 Å². The van der Waals surface area contributed by atoms with Gasteiger partial charge in [-0.25, -0.2) is 0 Å². The highest BCUT2D eigenvalue weighted by Gasteiger charge is 2.38. The van der Waals surface area contributed by atoms with Gasteiger partial charge in [0.2, 0.25) is 0 Å². The summed E-state index contributed by atoms with van der Waals surface area (Å²) in [6, 6.07) is 0. The molecule has 3 atom stereocenters. The van der Waals surface area contributed by atoms with Gasteiger partial charge in [-0.2, -0.15) is 0 Å². The highest BCUT2D eigenvalue weighted by Crippen LogP contribution is 2.34. The van der Waals surface area contributed by atoms with Crippen LogP contribution in [0.5, 0.6) is 0 Å². The Bertz CT molecular complexity index is 273. The highest BCUT2D eigenvalue weighted by atomic mass is 79.9. The molecule has 0 aromatic rings. The fourth-order valence-corrected chi connectivity index (χ4v) is 2.91. The lowest BCUT2D eigenvalue weighted by Crippen LogP contribution is -2.21. The fourth-order valence-electron chi connectivity index (χ4n) is 2.09. The Morgan fingerprint density at radius 3 is 2.56 bits per heavy atom. The molecule has 0 aromatic heterocycles. The molecule has 18 heavy (non-hydrogen) atoms. The van der Waals surface area contributed by atoms with Crippen molar-refractivity contribution in [2.45, 2.75) is 57.9 Å². The molecule has 1 rings (SSSR count). The van der Waals surface area contributed by atoms with E-state index >= 15 is 0 Å². The van der Waals surface area contributed by atoms with Gasteiger partial charge < -0.3 is 9.47 Å². The first kappa shape index (κ1) is 16.0. The lowest BCUT2D eigenvalue weighted by atomic mass is 9.93. The predicted molar refractivity (Wildman–Crippen MR) is 75.9 cm³/mol. The van der Waals surface area contributed by atoms with Gasteiger partial charge >= 0.3 is 5.97 Å². The van der Waals surface area contributed by atoms with Crippen molar-refractivity contribution >= 4 is 21.9 Å².